The zero-order chi connectivity index (χ0) is 14.0. The number of furan rings is 1. The molecule has 1 heterocycles. The third-order valence-corrected chi connectivity index (χ3v) is 3.25. The number of hydrogen-bond acceptors (Lipinski definition) is 3. The highest BCUT2D eigenvalue weighted by molar-refractivity contribution is 5.95. The number of hydrogen-bond donors (Lipinski definition) is 1. The van der Waals surface area contributed by atoms with E-state index in [2.05, 4.69) is 0 Å². The molecule has 0 saturated carbocycles. The van der Waals surface area contributed by atoms with Crippen LogP contribution in [0, 0.1) is 13.8 Å². The molecule has 1 amide bonds. The van der Waals surface area contributed by atoms with Crippen LogP contribution >= 0.6 is 0 Å². The Morgan fingerprint density at radius 2 is 2.05 bits per heavy atom. The summed E-state index contributed by atoms with van der Waals surface area (Å²) in [6.45, 7) is 4.33. The van der Waals surface area contributed by atoms with Crippen molar-refractivity contribution in [1.29, 1.82) is 0 Å². The number of carbonyl (C=O) groups is 1. The Hall–Kier alpha value is -2.23. The molecule has 2 rings (SSSR count). The molecule has 100 valence electrons. The van der Waals surface area contributed by atoms with Gasteiger partial charge >= 0.3 is 0 Å². The smallest absolute Gasteiger partial charge is 0.253 e. The van der Waals surface area contributed by atoms with E-state index < -0.39 is 0 Å². The lowest BCUT2D eigenvalue weighted by Crippen LogP contribution is -2.26. The summed E-state index contributed by atoms with van der Waals surface area (Å²) in [6, 6.07) is 7.26. The minimum Gasteiger partial charge on any atom is -0.469 e. The molecule has 0 fully saturated rings. The minimum atomic E-state index is -0.0488. The van der Waals surface area contributed by atoms with Crippen LogP contribution in [0.25, 0.3) is 0 Å². The van der Waals surface area contributed by atoms with Crippen LogP contribution in [-0.2, 0) is 6.54 Å². The van der Waals surface area contributed by atoms with Crippen molar-refractivity contribution in [2.24, 2.45) is 0 Å². The van der Waals surface area contributed by atoms with Crippen LogP contribution in [0.2, 0.25) is 0 Å². The van der Waals surface area contributed by atoms with Gasteiger partial charge in [-0.2, -0.15) is 0 Å². The van der Waals surface area contributed by atoms with Crippen LogP contribution < -0.4 is 5.73 Å². The summed E-state index contributed by atoms with van der Waals surface area (Å²) >= 11 is 0. The molecule has 4 heteroatoms. The molecule has 0 bridgehead atoms. The first-order valence-corrected chi connectivity index (χ1v) is 6.13. The topological polar surface area (TPSA) is 59.5 Å². The van der Waals surface area contributed by atoms with Crippen LogP contribution in [0.1, 0.15) is 27.2 Å². The predicted molar refractivity (Wildman–Crippen MR) is 74.8 cm³/mol. The van der Waals surface area contributed by atoms with Crippen molar-refractivity contribution in [3.8, 4) is 0 Å². The lowest BCUT2D eigenvalue weighted by Gasteiger charge is -2.17. The van der Waals surface area contributed by atoms with E-state index in [0.29, 0.717) is 17.8 Å². The van der Waals surface area contributed by atoms with Crippen molar-refractivity contribution in [2.45, 2.75) is 20.4 Å². The summed E-state index contributed by atoms with van der Waals surface area (Å²) in [4.78, 5) is 13.9. The molecule has 0 spiro atoms. The highest BCUT2D eigenvalue weighted by Crippen LogP contribution is 2.16. The molecule has 0 atom stereocenters. The highest BCUT2D eigenvalue weighted by atomic mass is 16.3. The number of carbonyl (C=O) groups excluding carboxylic acids is 1. The van der Waals surface area contributed by atoms with E-state index in [1.165, 1.54) is 0 Å². The van der Waals surface area contributed by atoms with Gasteiger partial charge in [0.1, 0.15) is 5.76 Å². The van der Waals surface area contributed by atoms with Gasteiger partial charge < -0.3 is 15.1 Å². The number of benzene rings is 1. The fourth-order valence-corrected chi connectivity index (χ4v) is 1.90. The van der Waals surface area contributed by atoms with Crippen molar-refractivity contribution in [3.05, 3.63) is 53.0 Å². The number of rotatable bonds is 3. The van der Waals surface area contributed by atoms with Crippen LogP contribution in [0.15, 0.2) is 34.9 Å². The largest absolute Gasteiger partial charge is 0.469 e. The molecule has 2 aromatic rings. The quantitative estimate of drug-likeness (QED) is 0.861. The number of nitrogen functional groups attached to an aromatic ring is 1. The fraction of sp³-hybridized carbons (Fsp3) is 0.267. The molecule has 2 N–H and O–H groups in total. The van der Waals surface area contributed by atoms with Crippen LogP contribution in [0.4, 0.5) is 5.69 Å². The first-order chi connectivity index (χ1) is 8.99. The molecule has 1 aromatic heterocycles. The first-order valence-electron chi connectivity index (χ1n) is 6.13. The molecular formula is C15H18N2O2. The summed E-state index contributed by atoms with van der Waals surface area (Å²) in [7, 11) is 1.77. The third-order valence-electron chi connectivity index (χ3n) is 3.25. The van der Waals surface area contributed by atoms with Crippen LogP contribution in [0.3, 0.4) is 0 Å². The first kappa shape index (κ1) is 13.2. The zero-order valence-corrected chi connectivity index (χ0v) is 11.4. The summed E-state index contributed by atoms with van der Waals surface area (Å²) < 4.78 is 5.23. The van der Waals surface area contributed by atoms with Gasteiger partial charge in [0.15, 0.2) is 0 Å². The third kappa shape index (κ3) is 2.78. The number of amides is 1. The molecule has 4 nitrogen and oxygen atoms in total. The molecule has 1 aromatic carbocycles. The van der Waals surface area contributed by atoms with Gasteiger partial charge in [-0.3, -0.25) is 4.79 Å². The molecule has 0 aliphatic carbocycles. The Bertz CT molecular complexity index is 602. The molecular weight excluding hydrogens is 240 g/mol. The second-order valence-electron chi connectivity index (χ2n) is 4.73. The maximum atomic E-state index is 12.3. The van der Waals surface area contributed by atoms with E-state index in [-0.39, 0.29) is 5.91 Å². The van der Waals surface area contributed by atoms with E-state index in [9.17, 15) is 4.79 Å². The number of nitrogens with two attached hydrogens (primary N) is 1. The second kappa shape index (κ2) is 5.18. The average Bonchev–Trinajstić information content (AvgIpc) is 2.77. The highest BCUT2D eigenvalue weighted by Gasteiger charge is 2.14. The van der Waals surface area contributed by atoms with E-state index in [4.69, 9.17) is 10.2 Å². The number of anilines is 1. The molecule has 0 saturated heterocycles. The van der Waals surface area contributed by atoms with Crippen molar-refractivity contribution >= 4 is 11.6 Å². The van der Waals surface area contributed by atoms with Crippen molar-refractivity contribution in [2.75, 3.05) is 12.8 Å². The Morgan fingerprint density at radius 1 is 1.32 bits per heavy atom. The Morgan fingerprint density at radius 3 is 2.63 bits per heavy atom. The van der Waals surface area contributed by atoms with Gasteiger partial charge in [-0.1, -0.05) is 6.07 Å². The fourth-order valence-electron chi connectivity index (χ4n) is 1.90. The van der Waals surface area contributed by atoms with Crippen LogP contribution in [0.5, 0.6) is 0 Å². The molecule has 0 aliphatic heterocycles. The van der Waals surface area contributed by atoms with Gasteiger partial charge in [0, 0.05) is 30.4 Å². The Kier molecular flexibility index (Phi) is 3.60. The summed E-state index contributed by atoms with van der Waals surface area (Å²) in [5, 5.41) is 0. The predicted octanol–water partition coefficient (Wildman–Crippen LogP) is 2.75. The zero-order valence-electron chi connectivity index (χ0n) is 11.4. The van der Waals surface area contributed by atoms with Gasteiger partial charge in [-0.15, -0.1) is 0 Å². The summed E-state index contributed by atoms with van der Waals surface area (Å²) in [6.07, 6.45) is 1.63. The van der Waals surface area contributed by atoms with Gasteiger partial charge in [-0.25, -0.2) is 0 Å². The van der Waals surface area contributed by atoms with Gasteiger partial charge in [0.05, 0.1) is 6.26 Å². The van der Waals surface area contributed by atoms with Gasteiger partial charge in [-0.05, 0) is 37.6 Å². The normalized spacial score (nSPS) is 10.5. The minimum absolute atomic E-state index is 0.0488. The average molecular weight is 258 g/mol. The standard InChI is InChI=1S/C15H18N2O2/c1-10-4-5-12(8-14(10)16)15(18)17(3)9-13-6-7-19-11(13)2/h4-8H,9,16H2,1-3H3. The van der Waals surface area contributed by atoms with Gasteiger partial charge in [0.2, 0.25) is 0 Å². The lowest BCUT2D eigenvalue weighted by atomic mass is 10.1. The summed E-state index contributed by atoms with van der Waals surface area (Å²) in [5.74, 6) is 0.787. The van der Waals surface area contributed by atoms with E-state index in [1.54, 1.807) is 30.3 Å². The monoisotopic (exact) mass is 258 g/mol. The Labute approximate surface area is 112 Å². The summed E-state index contributed by atoms with van der Waals surface area (Å²) in [5.41, 5.74) is 9.06. The maximum Gasteiger partial charge on any atom is 0.253 e. The Balaban J connectivity index is 2.15. The van der Waals surface area contributed by atoms with Crippen molar-refractivity contribution < 1.29 is 9.21 Å². The molecule has 0 aliphatic rings. The molecule has 0 unspecified atom stereocenters. The molecule has 0 radical (unpaired) electrons. The van der Waals surface area contributed by atoms with Crippen LogP contribution in [-0.4, -0.2) is 17.9 Å². The number of nitrogens with zero attached hydrogens (tertiary/aromatic N) is 1. The lowest BCUT2D eigenvalue weighted by molar-refractivity contribution is 0.0784. The van der Waals surface area contributed by atoms with E-state index in [1.807, 2.05) is 26.0 Å². The molecule has 19 heavy (non-hydrogen) atoms. The van der Waals surface area contributed by atoms with E-state index in [0.717, 1.165) is 16.9 Å². The van der Waals surface area contributed by atoms with Gasteiger partial charge in [0.25, 0.3) is 5.91 Å². The maximum absolute atomic E-state index is 12.3. The van der Waals surface area contributed by atoms with E-state index >= 15 is 0 Å². The second-order valence-corrected chi connectivity index (χ2v) is 4.73. The van der Waals surface area contributed by atoms with Crippen molar-refractivity contribution in [1.82, 2.24) is 4.90 Å². The number of aryl methyl sites for hydroxylation is 2. The SMILES string of the molecule is Cc1ccc(C(=O)N(C)Cc2ccoc2C)cc1N. The van der Waals surface area contributed by atoms with Crippen molar-refractivity contribution in [3.63, 3.8) is 0 Å².